The van der Waals surface area contributed by atoms with Crippen molar-refractivity contribution in [3.05, 3.63) is 47.3 Å². The maximum absolute atomic E-state index is 12.8. The average molecular weight is 369 g/mol. The number of carbonyl (C=O) groups excluding carboxylic acids is 2. The third kappa shape index (κ3) is 5.09. The number of amides is 3. The van der Waals surface area contributed by atoms with Crippen LogP contribution in [0, 0.1) is 6.92 Å². The second-order valence-corrected chi connectivity index (χ2v) is 7.12. The van der Waals surface area contributed by atoms with E-state index in [-0.39, 0.29) is 11.9 Å². The molecule has 0 unspecified atom stereocenters. The zero-order valence-electron chi connectivity index (χ0n) is 16.0. The number of likely N-dealkylation sites (tertiary alicyclic amines) is 1. The lowest BCUT2D eigenvalue weighted by Gasteiger charge is -2.21. The highest BCUT2D eigenvalue weighted by molar-refractivity contribution is 5.96. The molecule has 1 aliphatic rings. The molecule has 2 aromatic rings. The number of urea groups is 1. The van der Waals surface area contributed by atoms with Gasteiger partial charge in [0.1, 0.15) is 0 Å². The van der Waals surface area contributed by atoms with Gasteiger partial charge in [-0.1, -0.05) is 18.9 Å². The molecule has 1 aromatic heterocycles. The van der Waals surface area contributed by atoms with Crippen molar-refractivity contribution in [2.24, 2.45) is 0 Å². The lowest BCUT2D eigenvalue weighted by molar-refractivity contribution is 0.0761. The molecule has 3 rings (SSSR count). The predicted octanol–water partition coefficient (Wildman–Crippen LogP) is 3.40. The van der Waals surface area contributed by atoms with Gasteiger partial charge in [0.2, 0.25) is 0 Å². The smallest absolute Gasteiger partial charge is 0.321 e. The minimum Gasteiger partial charge on any atom is -0.339 e. The van der Waals surface area contributed by atoms with Gasteiger partial charge in [-0.3, -0.25) is 9.89 Å². The molecule has 2 N–H and O–H groups in total. The van der Waals surface area contributed by atoms with Crippen molar-refractivity contribution >= 4 is 17.6 Å². The van der Waals surface area contributed by atoms with Crippen molar-refractivity contribution in [1.82, 2.24) is 20.0 Å². The average Bonchev–Trinajstić information content (AvgIpc) is 2.90. The number of aromatic amines is 1. The van der Waals surface area contributed by atoms with Crippen LogP contribution >= 0.6 is 0 Å². The Bertz CT molecular complexity index is 793. The van der Waals surface area contributed by atoms with Crippen LogP contribution in [0.25, 0.3) is 0 Å². The second-order valence-electron chi connectivity index (χ2n) is 7.12. The Morgan fingerprint density at radius 2 is 1.93 bits per heavy atom. The Kier molecular flexibility index (Phi) is 6.11. The van der Waals surface area contributed by atoms with Gasteiger partial charge in [0.25, 0.3) is 5.91 Å². The van der Waals surface area contributed by atoms with Crippen molar-refractivity contribution in [1.29, 1.82) is 0 Å². The summed E-state index contributed by atoms with van der Waals surface area (Å²) in [5.74, 6) is 0.0355. The summed E-state index contributed by atoms with van der Waals surface area (Å²) < 4.78 is 0. The summed E-state index contributed by atoms with van der Waals surface area (Å²) in [5, 5.41) is 9.87. The first kappa shape index (κ1) is 18.9. The van der Waals surface area contributed by atoms with Crippen LogP contribution < -0.4 is 5.32 Å². The SMILES string of the molecule is Cc1cc(CN(C)C(=O)Nc2cccc(C(=O)N3CCCCCC3)c2)n[nH]1. The minimum atomic E-state index is -0.241. The van der Waals surface area contributed by atoms with Crippen LogP contribution in [-0.2, 0) is 6.54 Å². The summed E-state index contributed by atoms with van der Waals surface area (Å²) in [6.07, 6.45) is 4.47. The Morgan fingerprint density at radius 3 is 2.59 bits per heavy atom. The molecule has 7 nitrogen and oxygen atoms in total. The molecular weight excluding hydrogens is 342 g/mol. The van der Waals surface area contributed by atoms with E-state index in [1.165, 1.54) is 12.8 Å². The number of aryl methyl sites for hydroxylation is 1. The van der Waals surface area contributed by atoms with Gasteiger partial charge >= 0.3 is 6.03 Å². The summed E-state index contributed by atoms with van der Waals surface area (Å²) in [4.78, 5) is 28.7. The van der Waals surface area contributed by atoms with Gasteiger partial charge in [0, 0.05) is 37.1 Å². The van der Waals surface area contributed by atoms with Crippen LogP contribution in [0.15, 0.2) is 30.3 Å². The molecule has 0 aliphatic carbocycles. The van der Waals surface area contributed by atoms with Crippen LogP contribution in [0.3, 0.4) is 0 Å². The number of anilines is 1. The van der Waals surface area contributed by atoms with E-state index in [0.717, 1.165) is 37.3 Å². The summed E-state index contributed by atoms with van der Waals surface area (Å²) in [6, 6.07) is 8.82. The number of H-pyrrole nitrogens is 1. The number of hydrogen-bond acceptors (Lipinski definition) is 3. The largest absolute Gasteiger partial charge is 0.339 e. The van der Waals surface area contributed by atoms with Gasteiger partial charge in [0.05, 0.1) is 12.2 Å². The highest BCUT2D eigenvalue weighted by Gasteiger charge is 2.18. The number of benzene rings is 1. The molecule has 0 radical (unpaired) electrons. The first-order valence-electron chi connectivity index (χ1n) is 9.45. The van der Waals surface area contributed by atoms with E-state index < -0.39 is 0 Å². The molecule has 27 heavy (non-hydrogen) atoms. The summed E-state index contributed by atoms with van der Waals surface area (Å²) in [6.45, 7) is 3.94. The van der Waals surface area contributed by atoms with Gasteiger partial charge in [-0.05, 0) is 44.0 Å². The molecule has 1 fully saturated rings. The molecule has 1 aliphatic heterocycles. The standard InChI is InChI=1S/C20H27N5O2/c1-15-12-18(23-22-15)14-24(2)20(27)21-17-9-7-8-16(13-17)19(26)25-10-5-3-4-6-11-25/h7-9,12-13H,3-6,10-11,14H2,1-2H3,(H,21,27)(H,22,23). The van der Waals surface area contributed by atoms with Gasteiger partial charge in [0.15, 0.2) is 0 Å². The molecule has 0 spiro atoms. The molecule has 0 atom stereocenters. The van der Waals surface area contributed by atoms with Gasteiger partial charge in [-0.2, -0.15) is 5.10 Å². The topological polar surface area (TPSA) is 81.3 Å². The molecule has 2 heterocycles. The van der Waals surface area contributed by atoms with Crippen molar-refractivity contribution in [3.8, 4) is 0 Å². The molecule has 0 bridgehead atoms. The Balaban J connectivity index is 1.62. The van der Waals surface area contributed by atoms with E-state index in [1.807, 2.05) is 17.9 Å². The third-order valence-electron chi connectivity index (χ3n) is 4.76. The lowest BCUT2D eigenvalue weighted by Crippen LogP contribution is -2.32. The van der Waals surface area contributed by atoms with Crippen molar-refractivity contribution in [3.63, 3.8) is 0 Å². The van der Waals surface area contributed by atoms with Crippen molar-refractivity contribution < 1.29 is 9.59 Å². The minimum absolute atomic E-state index is 0.0355. The van der Waals surface area contributed by atoms with Gasteiger partial charge in [-0.15, -0.1) is 0 Å². The molecular formula is C20H27N5O2. The van der Waals surface area contributed by atoms with Crippen molar-refractivity contribution in [2.75, 3.05) is 25.5 Å². The number of aromatic nitrogens is 2. The summed E-state index contributed by atoms with van der Waals surface area (Å²) in [5.41, 5.74) is 2.99. The third-order valence-corrected chi connectivity index (χ3v) is 4.76. The van der Waals surface area contributed by atoms with E-state index in [9.17, 15) is 9.59 Å². The van der Waals surface area contributed by atoms with Crippen molar-refractivity contribution in [2.45, 2.75) is 39.2 Å². The van der Waals surface area contributed by atoms with Gasteiger partial charge in [-0.25, -0.2) is 4.79 Å². The predicted molar refractivity (Wildman–Crippen MR) is 105 cm³/mol. The first-order chi connectivity index (χ1) is 13.0. The quantitative estimate of drug-likeness (QED) is 0.867. The maximum Gasteiger partial charge on any atom is 0.321 e. The fourth-order valence-electron chi connectivity index (χ4n) is 3.28. The normalized spacial score (nSPS) is 14.5. The fraction of sp³-hybridized carbons (Fsp3) is 0.450. The lowest BCUT2D eigenvalue weighted by atomic mass is 10.1. The highest BCUT2D eigenvalue weighted by atomic mass is 16.2. The summed E-state index contributed by atoms with van der Waals surface area (Å²) >= 11 is 0. The number of carbonyl (C=O) groups is 2. The van der Waals surface area contributed by atoms with Crippen LogP contribution in [0.5, 0.6) is 0 Å². The Morgan fingerprint density at radius 1 is 1.19 bits per heavy atom. The van der Waals surface area contributed by atoms with Crippen LogP contribution in [-0.4, -0.2) is 52.1 Å². The molecule has 7 heteroatoms. The second kappa shape index (κ2) is 8.70. The molecule has 144 valence electrons. The van der Waals surface area contributed by atoms with E-state index in [1.54, 1.807) is 36.2 Å². The molecule has 1 saturated heterocycles. The van der Waals surface area contributed by atoms with E-state index in [4.69, 9.17) is 0 Å². The first-order valence-corrected chi connectivity index (χ1v) is 9.45. The van der Waals surface area contributed by atoms with E-state index in [2.05, 4.69) is 15.5 Å². The van der Waals surface area contributed by atoms with E-state index >= 15 is 0 Å². The number of nitrogens with one attached hydrogen (secondary N) is 2. The van der Waals surface area contributed by atoms with E-state index in [0.29, 0.717) is 17.8 Å². The van der Waals surface area contributed by atoms with Crippen LogP contribution in [0.4, 0.5) is 10.5 Å². The molecule has 0 saturated carbocycles. The zero-order chi connectivity index (χ0) is 19.2. The fourth-order valence-corrected chi connectivity index (χ4v) is 3.28. The Labute approximate surface area is 159 Å². The number of hydrogen-bond donors (Lipinski definition) is 2. The highest BCUT2D eigenvalue weighted by Crippen LogP contribution is 2.17. The monoisotopic (exact) mass is 369 g/mol. The number of rotatable bonds is 4. The Hall–Kier alpha value is -2.83. The van der Waals surface area contributed by atoms with Crippen LogP contribution in [0.2, 0.25) is 0 Å². The van der Waals surface area contributed by atoms with Gasteiger partial charge < -0.3 is 15.1 Å². The van der Waals surface area contributed by atoms with Crippen LogP contribution in [0.1, 0.15) is 47.4 Å². The molecule has 1 aromatic carbocycles. The summed E-state index contributed by atoms with van der Waals surface area (Å²) in [7, 11) is 1.71. The maximum atomic E-state index is 12.8. The number of nitrogens with zero attached hydrogens (tertiary/aromatic N) is 3. The molecule has 3 amide bonds. The zero-order valence-corrected chi connectivity index (χ0v) is 16.0.